The Hall–Kier alpha value is -3.01. The monoisotopic (exact) mass is 523 g/mol. The molecule has 2 aliphatic rings. The van der Waals surface area contributed by atoms with Crippen molar-refractivity contribution >= 4 is 21.9 Å². The molecule has 2 heterocycles. The molecule has 37 heavy (non-hydrogen) atoms. The molecule has 9 heteroatoms. The van der Waals surface area contributed by atoms with Crippen LogP contribution in [0.1, 0.15) is 36.6 Å². The largest absolute Gasteiger partial charge is 0.354 e. The number of likely N-dealkylation sites (N-methyl/N-ethyl adjacent to an activating group) is 1. The molecule has 0 atom stereocenters. The fraction of sp³-hybridized carbons (Fsp3) is 0.393. The van der Waals surface area contributed by atoms with Gasteiger partial charge in [0.15, 0.2) is 0 Å². The maximum atomic E-state index is 14.2. The molecule has 2 aromatic carbocycles. The Morgan fingerprint density at radius 3 is 2.43 bits per heavy atom. The van der Waals surface area contributed by atoms with E-state index in [1.165, 1.54) is 17.5 Å². The highest BCUT2D eigenvalue weighted by Crippen LogP contribution is 2.36. The number of halogens is 1. The number of benzene rings is 2. The summed E-state index contributed by atoms with van der Waals surface area (Å²) >= 11 is 0. The van der Waals surface area contributed by atoms with Crippen LogP contribution in [-0.2, 0) is 16.6 Å². The maximum absolute atomic E-state index is 14.2. The van der Waals surface area contributed by atoms with Crippen molar-refractivity contribution in [1.82, 2.24) is 19.0 Å². The molecule has 5 rings (SSSR count). The predicted octanol–water partition coefficient (Wildman–Crippen LogP) is 4.43. The summed E-state index contributed by atoms with van der Waals surface area (Å²) in [4.78, 5) is 4.66. The molecule has 1 aliphatic heterocycles. The van der Waals surface area contributed by atoms with Crippen LogP contribution in [-0.4, -0.2) is 66.2 Å². The van der Waals surface area contributed by atoms with Crippen molar-refractivity contribution in [3.8, 4) is 5.69 Å². The number of piperazine rings is 1. The minimum atomic E-state index is -3.67. The minimum Gasteiger partial charge on any atom is -0.354 e. The zero-order valence-electron chi connectivity index (χ0n) is 21.4. The molecule has 0 bridgehead atoms. The summed E-state index contributed by atoms with van der Waals surface area (Å²) in [6, 6.07) is 15.8. The number of hydrogen-bond acceptors (Lipinski definition) is 5. The van der Waals surface area contributed by atoms with Crippen molar-refractivity contribution < 1.29 is 12.8 Å². The van der Waals surface area contributed by atoms with Crippen LogP contribution in [0, 0.1) is 12.7 Å². The average molecular weight is 524 g/mol. The Labute approximate surface area is 218 Å². The van der Waals surface area contributed by atoms with Crippen molar-refractivity contribution in [1.29, 1.82) is 0 Å². The van der Waals surface area contributed by atoms with E-state index in [1.54, 1.807) is 21.1 Å². The zero-order valence-corrected chi connectivity index (χ0v) is 22.2. The van der Waals surface area contributed by atoms with Crippen LogP contribution in [0.3, 0.4) is 0 Å². The Morgan fingerprint density at radius 2 is 1.78 bits per heavy atom. The summed E-state index contributed by atoms with van der Waals surface area (Å²) in [6.07, 6.45) is 3.35. The first-order valence-electron chi connectivity index (χ1n) is 12.9. The summed E-state index contributed by atoms with van der Waals surface area (Å²) in [5.41, 5.74) is 3.10. The topological polar surface area (TPSA) is 61.7 Å². The van der Waals surface area contributed by atoms with Crippen LogP contribution >= 0.6 is 0 Å². The molecule has 1 saturated heterocycles. The smallest absolute Gasteiger partial charge is 0.236 e. The Bertz CT molecular complexity index is 1360. The summed E-state index contributed by atoms with van der Waals surface area (Å²) in [5.74, 6) is 0.522. The fourth-order valence-corrected chi connectivity index (χ4v) is 6.29. The van der Waals surface area contributed by atoms with Crippen molar-refractivity contribution in [2.45, 2.75) is 39.3 Å². The lowest BCUT2D eigenvalue weighted by Crippen LogP contribution is -2.47. The molecule has 0 spiro atoms. The third-order valence-electron chi connectivity index (χ3n) is 7.16. The molecule has 0 N–H and O–H groups in total. The van der Waals surface area contributed by atoms with Gasteiger partial charge in [-0.2, -0.15) is 9.40 Å². The second-order valence-corrected chi connectivity index (χ2v) is 11.5. The van der Waals surface area contributed by atoms with Crippen molar-refractivity contribution in [2.24, 2.45) is 0 Å². The number of aromatic nitrogens is 2. The first kappa shape index (κ1) is 25.6. The molecule has 0 radical (unpaired) electrons. The van der Waals surface area contributed by atoms with Gasteiger partial charge in [-0.25, -0.2) is 17.5 Å². The van der Waals surface area contributed by atoms with Crippen LogP contribution < -0.4 is 4.90 Å². The lowest BCUT2D eigenvalue weighted by Gasteiger charge is -2.36. The van der Waals surface area contributed by atoms with Gasteiger partial charge in [-0.3, -0.25) is 0 Å². The SMILES string of the molecule is CCN1CCN(c2c(CN(C3CC3)S(=O)(=O)/C=C/c3ccccc3)c(C)nn2-c2cccc(F)c2)CC1. The van der Waals surface area contributed by atoms with Gasteiger partial charge in [0, 0.05) is 49.7 Å². The van der Waals surface area contributed by atoms with E-state index in [4.69, 9.17) is 5.10 Å². The molecule has 3 aromatic rings. The van der Waals surface area contributed by atoms with Crippen molar-refractivity contribution in [3.63, 3.8) is 0 Å². The van der Waals surface area contributed by atoms with Crippen LogP contribution in [0.5, 0.6) is 0 Å². The number of sulfonamides is 1. The molecule has 0 amide bonds. The normalized spacial score (nSPS) is 17.2. The highest BCUT2D eigenvalue weighted by Gasteiger charge is 2.38. The van der Waals surface area contributed by atoms with E-state index in [1.807, 2.05) is 43.3 Å². The first-order valence-corrected chi connectivity index (χ1v) is 14.4. The van der Waals surface area contributed by atoms with Gasteiger partial charge >= 0.3 is 0 Å². The van der Waals surface area contributed by atoms with Crippen LogP contribution in [0.4, 0.5) is 10.2 Å². The highest BCUT2D eigenvalue weighted by atomic mass is 32.2. The number of aryl methyl sites for hydroxylation is 1. The fourth-order valence-electron chi connectivity index (χ4n) is 4.87. The average Bonchev–Trinajstić information content (AvgIpc) is 3.69. The third-order valence-corrected chi connectivity index (χ3v) is 8.72. The highest BCUT2D eigenvalue weighted by molar-refractivity contribution is 7.92. The Balaban J connectivity index is 1.52. The Morgan fingerprint density at radius 1 is 1.05 bits per heavy atom. The van der Waals surface area contributed by atoms with Gasteiger partial charge in [0.25, 0.3) is 0 Å². The van der Waals surface area contributed by atoms with E-state index in [2.05, 4.69) is 16.7 Å². The van der Waals surface area contributed by atoms with Gasteiger partial charge in [0.2, 0.25) is 10.0 Å². The van der Waals surface area contributed by atoms with Crippen LogP contribution in [0.25, 0.3) is 11.8 Å². The van der Waals surface area contributed by atoms with Crippen molar-refractivity contribution in [3.05, 3.63) is 82.6 Å². The Kier molecular flexibility index (Phi) is 7.46. The molecule has 2 fully saturated rings. The molecule has 1 saturated carbocycles. The van der Waals surface area contributed by atoms with Gasteiger partial charge < -0.3 is 9.80 Å². The quantitative estimate of drug-likeness (QED) is 0.415. The van der Waals surface area contributed by atoms with E-state index in [9.17, 15) is 12.8 Å². The molecule has 1 aliphatic carbocycles. The lowest BCUT2D eigenvalue weighted by atomic mass is 10.2. The van der Waals surface area contributed by atoms with Gasteiger partial charge in [-0.05, 0) is 56.1 Å². The lowest BCUT2D eigenvalue weighted by molar-refractivity contribution is 0.269. The third kappa shape index (κ3) is 5.79. The summed E-state index contributed by atoms with van der Waals surface area (Å²) < 4.78 is 44.6. The van der Waals surface area contributed by atoms with Gasteiger partial charge in [-0.15, -0.1) is 0 Å². The molecule has 1 aromatic heterocycles. The minimum absolute atomic E-state index is 0.0212. The second-order valence-electron chi connectivity index (χ2n) is 9.74. The van der Waals surface area contributed by atoms with Gasteiger partial charge in [0.05, 0.1) is 11.4 Å². The number of hydrogen-bond donors (Lipinski definition) is 0. The molecular formula is C28H34FN5O2S. The molecular weight excluding hydrogens is 489 g/mol. The second kappa shape index (κ2) is 10.8. The van der Waals surface area contributed by atoms with E-state index in [0.717, 1.165) is 68.2 Å². The number of rotatable bonds is 9. The summed E-state index contributed by atoms with van der Waals surface area (Å²) in [6.45, 7) is 8.71. The van der Waals surface area contributed by atoms with E-state index in [-0.39, 0.29) is 18.4 Å². The van der Waals surface area contributed by atoms with E-state index >= 15 is 0 Å². The maximum Gasteiger partial charge on any atom is 0.236 e. The van der Waals surface area contributed by atoms with Crippen molar-refractivity contribution in [2.75, 3.05) is 37.6 Å². The molecule has 7 nitrogen and oxygen atoms in total. The van der Waals surface area contributed by atoms with E-state index < -0.39 is 10.0 Å². The van der Waals surface area contributed by atoms with E-state index in [0.29, 0.717) is 5.69 Å². The molecule has 196 valence electrons. The zero-order chi connectivity index (χ0) is 26.0. The van der Waals surface area contributed by atoms with Crippen LogP contribution in [0.15, 0.2) is 60.0 Å². The predicted molar refractivity (Wildman–Crippen MR) is 146 cm³/mol. The number of nitrogens with zero attached hydrogens (tertiary/aromatic N) is 5. The number of anilines is 1. The molecule has 0 unspecified atom stereocenters. The first-order chi connectivity index (χ1) is 17.9. The van der Waals surface area contributed by atoms with Crippen LogP contribution in [0.2, 0.25) is 0 Å². The van der Waals surface area contributed by atoms with Gasteiger partial charge in [-0.1, -0.05) is 43.3 Å². The standard InChI is InChI=1S/C28H34FN5O2S/c1-3-31-15-17-32(18-16-31)28-27(22(2)30-34(28)26-11-7-10-24(29)20-26)21-33(25-12-13-25)37(35,36)19-14-23-8-5-4-6-9-23/h4-11,14,19-20,25H,3,12-13,15-18,21H2,1-2H3/b19-14+. The summed E-state index contributed by atoms with van der Waals surface area (Å²) in [5, 5.41) is 6.11. The van der Waals surface area contributed by atoms with Gasteiger partial charge in [0.1, 0.15) is 11.6 Å². The summed E-state index contributed by atoms with van der Waals surface area (Å²) in [7, 11) is -3.67.